The predicted molar refractivity (Wildman–Crippen MR) is 77.9 cm³/mol. The molecule has 114 valence electrons. The molecule has 0 bridgehead atoms. The Morgan fingerprint density at radius 1 is 1.57 bits per heavy atom. The summed E-state index contributed by atoms with van der Waals surface area (Å²) in [7, 11) is -3.80. The lowest BCUT2D eigenvalue weighted by Crippen LogP contribution is -2.26. The summed E-state index contributed by atoms with van der Waals surface area (Å²) in [5.74, 6) is -1.16. The highest BCUT2D eigenvalue weighted by molar-refractivity contribution is 7.89. The van der Waals surface area contributed by atoms with Crippen molar-refractivity contribution in [2.75, 3.05) is 0 Å². The van der Waals surface area contributed by atoms with Gasteiger partial charge in [-0.05, 0) is 19.9 Å². The highest BCUT2D eigenvalue weighted by atomic mass is 32.2. The van der Waals surface area contributed by atoms with Crippen molar-refractivity contribution in [1.82, 2.24) is 14.3 Å². The first-order valence-corrected chi connectivity index (χ1v) is 8.56. The molecule has 2 aromatic rings. The van der Waals surface area contributed by atoms with Crippen LogP contribution in [0.4, 0.5) is 0 Å². The lowest BCUT2D eigenvalue weighted by molar-refractivity contribution is 0.0685. The molecule has 21 heavy (non-hydrogen) atoms. The molecule has 0 aliphatic carbocycles. The maximum atomic E-state index is 12.3. The maximum Gasteiger partial charge on any atom is 0.352 e. The first kappa shape index (κ1) is 15.7. The molecular weight excluding hydrogens is 314 g/mol. The van der Waals surface area contributed by atoms with Crippen LogP contribution in [0.2, 0.25) is 0 Å². The molecule has 9 heteroatoms. The summed E-state index contributed by atoms with van der Waals surface area (Å²) >= 11 is 1.35. The number of hydrogen-bond acceptors (Lipinski definition) is 5. The summed E-state index contributed by atoms with van der Waals surface area (Å²) < 4.78 is 28.5. The maximum absolute atomic E-state index is 12.3. The minimum Gasteiger partial charge on any atom is -0.477 e. The number of carbonyl (C=O) groups is 1. The number of rotatable bonds is 6. The number of hydrogen-bond donors (Lipinski definition) is 2. The molecule has 0 saturated heterocycles. The van der Waals surface area contributed by atoms with E-state index >= 15 is 0 Å². The van der Waals surface area contributed by atoms with E-state index < -0.39 is 22.0 Å². The van der Waals surface area contributed by atoms with Crippen LogP contribution in [0.15, 0.2) is 28.7 Å². The van der Waals surface area contributed by atoms with E-state index in [0.29, 0.717) is 11.6 Å². The number of thiazole rings is 1. The zero-order chi connectivity index (χ0) is 15.6. The van der Waals surface area contributed by atoms with E-state index in [2.05, 4.69) is 9.71 Å². The molecule has 7 nitrogen and oxygen atoms in total. The van der Waals surface area contributed by atoms with E-state index in [-0.39, 0.29) is 10.6 Å². The monoisotopic (exact) mass is 329 g/mol. The van der Waals surface area contributed by atoms with E-state index in [1.807, 2.05) is 0 Å². The van der Waals surface area contributed by atoms with Crippen LogP contribution in [0.3, 0.4) is 0 Å². The summed E-state index contributed by atoms with van der Waals surface area (Å²) in [4.78, 5) is 15.1. The molecule has 1 atom stereocenters. The summed E-state index contributed by atoms with van der Waals surface area (Å²) in [5.41, 5.74) is -0.0558. The van der Waals surface area contributed by atoms with E-state index in [1.165, 1.54) is 22.1 Å². The normalized spacial score (nSPS) is 13.2. The van der Waals surface area contributed by atoms with Crippen LogP contribution in [0.5, 0.6) is 0 Å². The first-order valence-electron chi connectivity index (χ1n) is 6.20. The Morgan fingerprint density at radius 2 is 2.29 bits per heavy atom. The van der Waals surface area contributed by atoms with Crippen LogP contribution >= 0.6 is 11.3 Å². The van der Waals surface area contributed by atoms with Gasteiger partial charge in [-0.15, -0.1) is 11.3 Å². The third-order valence-corrected chi connectivity index (χ3v) is 5.36. The van der Waals surface area contributed by atoms with Crippen molar-refractivity contribution in [3.05, 3.63) is 34.5 Å². The van der Waals surface area contributed by atoms with E-state index in [4.69, 9.17) is 5.11 Å². The highest BCUT2D eigenvalue weighted by Crippen LogP contribution is 2.20. The second-order valence-electron chi connectivity index (χ2n) is 4.37. The van der Waals surface area contributed by atoms with Crippen LogP contribution in [0.25, 0.3) is 0 Å². The number of carboxylic acids is 1. The smallest absolute Gasteiger partial charge is 0.352 e. The minimum absolute atomic E-state index is 0.0558. The number of aromatic nitrogens is 2. The van der Waals surface area contributed by atoms with Gasteiger partial charge in [0.2, 0.25) is 10.0 Å². The van der Waals surface area contributed by atoms with E-state index in [0.717, 1.165) is 6.07 Å². The van der Waals surface area contributed by atoms with Crippen molar-refractivity contribution in [3.63, 3.8) is 0 Å². The van der Waals surface area contributed by atoms with Gasteiger partial charge in [-0.1, -0.05) is 0 Å². The van der Waals surface area contributed by atoms with Crippen molar-refractivity contribution < 1.29 is 18.3 Å². The molecule has 2 heterocycles. The molecule has 0 aromatic carbocycles. The molecule has 0 saturated carbocycles. The quantitative estimate of drug-likeness (QED) is 0.840. The number of nitrogens with one attached hydrogen (secondary N) is 1. The molecule has 2 N–H and O–H groups in total. The second-order valence-corrected chi connectivity index (χ2v) is 7.01. The first-order chi connectivity index (χ1) is 9.85. The molecule has 0 aliphatic heterocycles. The zero-order valence-electron chi connectivity index (χ0n) is 11.5. The van der Waals surface area contributed by atoms with Crippen molar-refractivity contribution >= 4 is 27.3 Å². The standard InChI is InChI=1S/C12H15N3O4S2/c1-3-15-7-9(6-10(15)12(16)17)21(18,19)14-8(2)11-13-4-5-20-11/h4-8,14H,3H2,1-2H3,(H,16,17). The van der Waals surface area contributed by atoms with Gasteiger partial charge in [0.05, 0.1) is 6.04 Å². The number of aromatic carboxylic acids is 1. The van der Waals surface area contributed by atoms with Gasteiger partial charge in [0, 0.05) is 24.3 Å². The van der Waals surface area contributed by atoms with Gasteiger partial charge >= 0.3 is 5.97 Å². The largest absolute Gasteiger partial charge is 0.477 e. The van der Waals surface area contributed by atoms with Crippen molar-refractivity contribution in [3.8, 4) is 0 Å². The number of carboxylic acid groups (broad SMARTS) is 1. The van der Waals surface area contributed by atoms with Gasteiger partial charge in [-0.25, -0.2) is 22.9 Å². The SMILES string of the molecule is CCn1cc(S(=O)(=O)NC(C)c2nccs2)cc1C(=O)O. The summed E-state index contributed by atoms with van der Waals surface area (Å²) in [6.07, 6.45) is 2.92. The van der Waals surface area contributed by atoms with Crippen LogP contribution in [0.1, 0.15) is 35.4 Å². The molecule has 0 radical (unpaired) electrons. The van der Waals surface area contributed by atoms with Gasteiger partial charge in [-0.2, -0.15) is 0 Å². The third kappa shape index (κ3) is 3.31. The average Bonchev–Trinajstić information content (AvgIpc) is 3.07. The Morgan fingerprint density at radius 3 is 2.76 bits per heavy atom. The Labute approximate surface area is 126 Å². The van der Waals surface area contributed by atoms with Crippen LogP contribution in [-0.4, -0.2) is 29.0 Å². The average molecular weight is 329 g/mol. The van der Waals surface area contributed by atoms with Crippen molar-refractivity contribution in [2.24, 2.45) is 0 Å². The summed E-state index contributed by atoms with van der Waals surface area (Å²) in [5, 5.41) is 11.5. The number of nitrogens with zero attached hydrogens (tertiary/aromatic N) is 2. The summed E-state index contributed by atoms with van der Waals surface area (Å²) in [6, 6.07) is 0.677. The predicted octanol–water partition coefficient (Wildman–Crippen LogP) is 1.70. The Kier molecular flexibility index (Phi) is 4.45. The number of sulfonamides is 1. The fourth-order valence-corrected chi connectivity index (χ4v) is 3.84. The minimum atomic E-state index is -3.80. The van der Waals surface area contributed by atoms with Gasteiger partial charge in [0.1, 0.15) is 15.6 Å². The number of aryl methyl sites for hydroxylation is 1. The fraction of sp³-hybridized carbons (Fsp3) is 0.333. The second kappa shape index (κ2) is 5.96. The molecule has 0 aliphatic rings. The van der Waals surface area contributed by atoms with Gasteiger partial charge in [0.25, 0.3) is 0 Å². The van der Waals surface area contributed by atoms with Crippen LogP contribution in [-0.2, 0) is 16.6 Å². The van der Waals surface area contributed by atoms with E-state index in [1.54, 1.807) is 25.4 Å². The Bertz CT molecular complexity index is 735. The van der Waals surface area contributed by atoms with Gasteiger partial charge in [-0.3, -0.25) is 0 Å². The Hall–Kier alpha value is -1.71. The Balaban J connectivity index is 2.29. The molecule has 0 amide bonds. The summed E-state index contributed by atoms with van der Waals surface area (Å²) in [6.45, 7) is 3.80. The van der Waals surface area contributed by atoms with E-state index in [9.17, 15) is 13.2 Å². The topological polar surface area (TPSA) is 101 Å². The van der Waals surface area contributed by atoms with Crippen molar-refractivity contribution in [2.45, 2.75) is 31.3 Å². The lowest BCUT2D eigenvalue weighted by Gasteiger charge is -2.10. The molecule has 2 aromatic heterocycles. The van der Waals surface area contributed by atoms with Crippen LogP contribution in [0, 0.1) is 0 Å². The highest BCUT2D eigenvalue weighted by Gasteiger charge is 2.23. The molecule has 0 spiro atoms. The van der Waals surface area contributed by atoms with Crippen LogP contribution < -0.4 is 4.72 Å². The fourth-order valence-electron chi connectivity index (χ4n) is 1.87. The lowest BCUT2D eigenvalue weighted by atomic mass is 10.4. The molecular formula is C12H15N3O4S2. The van der Waals surface area contributed by atoms with Gasteiger partial charge in [0.15, 0.2) is 0 Å². The molecule has 2 rings (SSSR count). The van der Waals surface area contributed by atoms with Crippen molar-refractivity contribution in [1.29, 1.82) is 0 Å². The molecule has 1 unspecified atom stereocenters. The third-order valence-electron chi connectivity index (χ3n) is 2.90. The van der Waals surface area contributed by atoms with Gasteiger partial charge < -0.3 is 9.67 Å². The zero-order valence-corrected chi connectivity index (χ0v) is 13.1. The molecule has 0 fully saturated rings.